The van der Waals surface area contributed by atoms with Crippen LogP contribution in [0.4, 0.5) is 39.7 Å². The lowest BCUT2D eigenvalue weighted by atomic mass is 10.0. The number of nitrogens with one attached hydrogen (secondary N) is 1. The van der Waals surface area contributed by atoms with Crippen LogP contribution in [0.2, 0.25) is 0 Å². The molecule has 3 aromatic carbocycles. The minimum atomic E-state index is -4.79. The number of ether oxygens (including phenoxy) is 1. The van der Waals surface area contributed by atoms with E-state index in [2.05, 4.69) is 25.1 Å². The molecule has 1 saturated heterocycles. The van der Waals surface area contributed by atoms with Gasteiger partial charge in [-0.1, -0.05) is 43.3 Å². The predicted octanol–water partition coefficient (Wildman–Crippen LogP) is 6.87. The topological polar surface area (TPSA) is 105 Å². The zero-order chi connectivity index (χ0) is 33.0. The number of halogens is 4. The van der Waals surface area contributed by atoms with E-state index in [4.69, 9.17) is 0 Å². The van der Waals surface area contributed by atoms with Crippen molar-refractivity contribution in [2.75, 3.05) is 27.9 Å². The van der Waals surface area contributed by atoms with E-state index in [1.54, 1.807) is 18.0 Å². The van der Waals surface area contributed by atoms with Gasteiger partial charge in [0.05, 0.1) is 22.8 Å². The third-order valence-corrected chi connectivity index (χ3v) is 7.74. The number of amidine groups is 1. The van der Waals surface area contributed by atoms with E-state index in [1.165, 1.54) is 52.3 Å². The minimum Gasteiger partial charge on any atom is -0.406 e. The van der Waals surface area contributed by atoms with Crippen LogP contribution in [0.1, 0.15) is 30.0 Å². The molecule has 2 heterocycles. The molecule has 5 rings (SSSR count). The van der Waals surface area contributed by atoms with Crippen molar-refractivity contribution in [3.8, 4) is 11.4 Å². The molecule has 15 heteroatoms. The highest BCUT2D eigenvalue weighted by molar-refractivity contribution is 8.15. The number of carbonyl (C=O) groups excluding carboxylic acids is 2. The second-order valence-corrected chi connectivity index (χ2v) is 11.4. The molecule has 1 N–H and O–H groups in total. The van der Waals surface area contributed by atoms with Crippen molar-refractivity contribution < 1.29 is 31.9 Å². The molecule has 0 atom stereocenters. The minimum absolute atomic E-state index is 0.0794. The molecule has 1 aliphatic rings. The number of anilines is 3. The van der Waals surface area contributed by atoms with Crippen molar-refractivity contribution in [1.82, 2.24) is 14.8 Å². The number of aryl methyl sites for hydroxylation is 2. The molecule has 0 unspecified atom stereocenters. The second-order valence-electron chi connectivity index (χ2n) is 10.4. The first kappa shape index (κ1) is 32.5. The first-order valence-corrected chi connectivity index (χ1v) is 15.1. The summed E-state index contributed by atoms with van der Waals surface area (Å²) in [5.41, 5.74) is 3.56. The summed E-state index contributed by atoms with van der Waals surface area (Å²) < 4.78 is 57.6. The molecule has 1 aromatic heterocycles. The summed E-state index contributed by atoms with van der Waals surface area (Å²) in [6.45, 7) is 4.17. The Labute approximate surface area is 266 Å². The first-order valence-electron chi connectivity index (χ1n) is 14.1. The van der Waals surface area contributed by atoms with Crippen LogP contribution in [-0.2, 0) is 17.8 Å². The highest BCUT2D eigenvalue weighted by Crippen LogP contribution is 2.32. The highest BCUT2D eigenvalue weighted by Gasteiger charge is 2.32. The Bertz CT molecular complexity index is 1780. The van der Waals surface area contributed by atoms with Crippen LogP contribution >= 0.6 is 11.8 Å². The Kier molecular flexibility index (Phi) is 9.60. The summed E-state index contributed by atoms with van der Waals surface area (Å²) in [6, 6.07) is 14.5. The van der Waals surface area contributed by atoms with Crippen molar-refractivity contribution >= 4 is 46.2 Å². The standard InChI is InChI=1S/C31H29F4N7O3S/c1-4-5-21-8-6-19(2)14-26(21)42-27(43)17-46-30(42)38-29(44)37-25-13-7-20(15-24(25)32)16-40(3)28-36-18-41(39-28)22-9-11-23(12-10-22)45-31(33,34)35/h6-15,18H,4-5,16-17H2,1-3H3,(H,37,44). The van der Waals surface area contributed by atoms with E-state index in [9.17, 15) is 22.8 Å². The van der Waals surface area contributed by atoms with Crippen LogP contribution in [0.15, 0.2) is 72.0 Å². The Hall–Kier alpha value is -4.92. The van der Waals surface area contributed by atoms with Crippen LogP contribution in [0.3, 0.4) is 0 Å². The molecule has 46 heavy (non-hydrogen) atoms. The quantitative estimate of drug-likeness (QED) is 0.196. The number of urea groups is 1. The molecular weight excluding hydrogens is 626 g/mol. The molecule has 0 bridgehead atoms. The van der Waals surface area contributed by atoms with Crippen LogP contribution in [-0.4, -0.2) is 51.0 Å². The lowest BCUT2D eigenvalue weighted by Crippen LogP contribution is -2.31. The van der Waals surface area contributed by atoms with E-state index in [0.717, 1.165) is 35.7 Å². The number of aromatic nitrogens is 3. The number of rotatable bonds is 9. The van der Waals surface area contributed by atoms with Crippen molar-refractivity contribution in [2.24, 2.45) is 4.99 Å². The summed E-state index contributed by atoms with van der Waals surface area (Å²) in [5.74, 6) is -0.811. The summed E-state index contributed by atoms with van der Waals surface area (Å²) in [5, 5.41) is 7.02. The first-order chi connectivity index (χ1) is 21.9. The Morgan fingerprint density at radius 2 is 1.89 bits per heavy atom. The van der Waals surface area contributed by atoms with Gasteiger partial charge < -0.3 is 15.0 Å². The number of hydrogen-bond donors (Lipinski definition) is 1. The van der Waals surface area contributed by atoms with Gasteiger partial charge in [0.25, 0.3) is 0 Å². The van der Waals surface area contributed by atoms with Gasteiger partial charge in [-0.05, 0) is 72.5 Å². The van der Waals surface area contributed by atoms with Crippen molar-refractivity contribution in [2.45, 2.75) is 39.6 Å². The van der Waals surface area contributed by atoms with Crippen LogP contribution in [0.25, 0.3) is 5.69 Å². The number of hydrogen-bond acceptors (Lipinski definition) is 7. The van der Waals surface area contributed by atoms with Gasteiger partial charge in [-0.2, -0.15) is 9.98 Å². The number of thioether (sulfide) groups is 1. The lowest BCUT2D eigenvalue weighted by molar-refractivity contribution is -0.274. The molecule has 0 aliphatic carbocycles. The molecule has 4 aromatic rings. The van der Waals surface area contributed by atoms with E-state index in [1.807, 2.05) is 32.0 Å². The zero-order valence-electron chi connectivity index (χ0n) is 25.0. The van der Waals surface area contributed by atoms with Crippen molar-refractivity contribution in [1.29, 1.82) is 0 Å². The maximum Gasteiger partial charge on any atom is 0.573 e. The predicted molar refractivity (Wildman–Crippen MR) is 168 cm³/mol. The summed E-state index contributed by atoms with van der Waals surface area (Å²) in [7, 11) is 1.69. The zero-order valence-corrected chi connectivity index (χ0v) is 25.8. The second kappa shape index (κ2) is 13.6. The van der Waals surface area contributed by atoms with E-state index >= 15 is 4.39 Å². The Morgan fingerprint density at radius 1 is 1.13 bits per heavy atom. The highest BCUT2D eigenvalue weighted by atomic mass is 32.2. The van der Waals surface area contributed by atoms with Gasteiger partial charge in [0.15, 0.2) is 5.17 Å². The summed E-state index contributed by atoms with van der Waals surface area (Å²) in [6.07, 6.45) is -1.76. The summed E-state index contributed by atoms with van der Waals surface area (Å²) in [4.78, 5) is 37.0. The van der Waals surface area contributed by atoms with E-state index in [-0.39, 0.29) is 40.8 Å². The molecule has 1 fully saturated rings. The smallest absolute Gasteiger partial charge is 0.406 e. The fourth-order valence-corrected chi connectivity index (χ4v) is 5.59. The molecular formula is C31H29F4N7O3S. The van der Waals surface area contributed by atoms with Gasteiger partial charge in [-0.25, -0.2) is 13.9 Å². The summed E-state index contributed by atoms with van der Waals surface area (Å²) >= 11 is 1.15. The van der Waals surface area contributed by atoms with Crippen LogP contribution in [0.5, 0.6) is 5.75 Å². The number of benzene rings is 3. The van der Waals surface area contributed by atoms with Crippen LogP contribution < -0.4 is 19.9 Å². The normalized spacial score (nSPS) is 14.2. The van der Waals surface area contributed by atoms with Crippen molar-refractivity contribution in [3.05, 3.63) is 89.5 Å². The van der Waals surface area contributed by atoms with Gasteiger partial charge in [-0.15, -0.1) is 18.3 Å². The molecule has 0 radical (unpaired) electrons. The van der Waals surface area contributed by atoms with Gasteiger partial charge in [-0.3, -0.25) is 9.69 Å². The molecule has 240 valence electrons. The molecule has 0 spiro atoms. The number of alkyl halides is 3. The average molecular weight is 656 g/mol. The van der Waals surface area contributed by atoms with E-state index < -0.39 is 18.2 Å². The number of amides is 3. The Morgan fingerprint density at radius 3 is 2.59 bits per heavy atom. The lowest BCUT2D eigenvalue weighted by Gasteiger charge is -2.20. The van der Waals surface area contributed by atoms with Crippen molar-refractivity contribution in [3.63, 3.8) is 0 Å². The maximum atomic E-state index is 15.1. The largest absolute Gasteiger partial charge is 0.573 e. The fourth-order valence-electron chi connectivity index (χ4n) is 4.73. The van der Waals surface area contributed by atoms with Crippen LogP contribution in [0, 0.1) is 12.7 Å². The van der Waals surface area contributed by atoms with Gasteiger partial charge >= 0.3 is 12.4 Å². The number of nitrogens with zero attached hydrogens (tertiary/aromatic N) is 6. The fraction of sp³-hybridized carbons (Fsp3) is 0.258. The SMILES string of the molecule is CCCc1ccc(C)cc1N1C(=O)CSC1=NC(=O)Nc1ccc(CN(C)c2ncn(-c3ccc(OC(F)(F)F)cc3)n2)cc1F. The number of carbonyl (C=O) groups is 2. The third-order valence-electron chi connectivity index (χ3n) is 6.81. The Balaban J connectivity index is 1.23. The molecule has 3 amide bonds. The van der Waals surface area contributed by atoms with Gasteiger partial charge in [0.1, 0.15) is 17.9 Å². The molecule has 10 nitrogen and oxygen atoms in total. The number of aliphatic imine (C=N–C) groups is 1. The van der Waals surface area contributed by atoms with Gasteiger partial charge in [0, 0.05) is 13.6 Å². The average Bonchev–Trinajstić information content (AvgIpc) is 3.62. The van der Waals surface area contributed by atoms with E-state index in [0.29, 0.717) is 16.9 Å². The monoisotopic (exact) mass is 655 g/mol. The molecule has 1 aliphatic heterocycles. The van der Waals surface area contributed by atoms with Gasteiger partial charge in [0.2, 0.25) is 11.9 Å². The molecule has 0 saturated carbocycles. The maximum absolute atomic E-state index is 15.1. The third kappa shape index (κ3) is 7.83.